The predicted molar refractivity (Wildman–Crippen MR) is 383 cm³/mol. The summed E-state index contributed by atoms with van der Waals surface area (Å²) < 4.78 is 12.0. The molecule has 0 aliphatic rings. The summed E-state index contributed by atoms with van der Waals surface area (Å²) >= 11 is 5.10. The van der Waals surface area contributed by atoms with Gasteiger partial charge in [-0.25, -0.2) is 0 Å². The number of methoxy groups -OCH3 is 2. The van der Waals surface area contributed by atoms with Crippen molar-refractivity contribution in [3.8, 4) is 0 Å². The van der Waals surface area contributed by atoms with Crippen LogP contribution in [0.5, 0.6) is 0 Å². The molecule has 10 heteroatoms. The van der Waals surface area contributed by atoms with Crippen LogP contribution >= 0.6 is 12.2 Å². The summed E-state index contributed by atoms with van der Waals surface area (Å²) in [6, 6.07) is 0.465. The highest BCUT2D eigenvalue weighted by atomic mass is 32.1. The molecule has 0 saturated carbocycles. The molecule has 0 aromatic heterocycles. The van der Waals surface area contributed by atoms with E-state index in [9.17, 15) is 14.4 Å². The van der Waals surface area contributed by atoms with E-state index >= 15 is 0 Å². The molecule has 0 amide bonds. The van der Waals surface area contributed by atoms with Crippen LogP contribution in [0.15, 0.2) is 0 Å². The molecular weight excluding hydrogens is 1020 g/mol. The van der Waals surface area contributed by atoms with Crippen LogP contribution in [-0.2, 0) is 28.7 Å². The lowest BCUT2D eigenvalue weighted by molar-refractivity contribution is -0.757. The summed E-state index contributed by atoms with van der Waals surface area (Å²) in [7, 11) is 7.02. The fourth-order valence-electron chi connectivity index (χ4n) is 7.00. The number of ether oxygens (including phenoxy) is 2. The van der Waals surface area contributed by atoms with Gasteiger partial charge in [0.15, 0.2) is 12.8 Å². The average Bonchev–Trinajstić information content (AvgIpc) is 3.22. The molecule has 81 heavy (non-hydrogen) atoms. The van der Waals surface area contributed by atoms with Crippen molar-refractivity contribution in [2.24, 2.45) is 94.7 Å². The van der Waals surface area contributed by atoms with Crippen molar-refractivity contribution in [1.82, 2.24) is 5.06 Å². The van der Waals surface area contributed by atoms with E-state index < -0.39 is 5.79 Å². The number of hydrogen-bond donors (Lipinski definition) is 1. The maximum Gasteiger partial charge on any atom is 0.208 e. The molecule has 0 rings (SSSR count). The lowest BCUT2D eigenvalue weighted by Crippen LogP contribution is -2.44. The summed E-state index contributed by atoms with van der Waals surface area (Å²) in [6.07, 6.45) is 0.289. The van der Waals surface area contributed by atoms with Gasteiger partial charge in [0.2, 0.25) is 17.3 Å². The second-order valence-corrected chi connectivity index (χ2v) is 25.1. The van der Waals surface area contributed by atoms with Gasteiger partial charge < -0.3 is 9.47 Å². The largest absolute Gasteiger partial charge is 0.353 e. The van der Waals surface area contributed by atoms with E-state index in [1.165, 1.54) is 9.60 Å². The molecule has 0 unspecified atom stereocenters. The van der Waals surface area contributed by atoms with Crippen molar-refractivity contribution in [2.45, 2.75) is 320 Å². The maximum atomic E-state index is 10.9. The number of carbonyl (C=O) groups excluding carboxylic acids is 3. The molecule has 0 fully saturated rings. The van der Waals surface area contributed by atoms with Crippen LogP contribution < -0.4 is 0 Å². The van der Waals surface area contributed by atoms with Crippen LogP contribution in [0.25, 0.3) is 0 Å². The Morgan fingerprint density at radius 3 is 0.654 bits per heavy atom. The van der Waals surface area contributed by atoms with E-state index in [0.29, 0.717) is 47.3 Å². The second kappa shape index (κ2) is 69.2. The molecule has 0 saturated heterocycles. The molecule has 0 aromatic rings. The number of carbonyl (C=O) groups is 3. The summed E-state index contributed by atoms with van der Waals surface area (Å²) in [5.41, 5.74) is 1.08. The van der Waals surface area contributed by atoms with Crippen LogP contribution in [-0.4, -0.2) is 89.2 Å². The average molecular weight is 1200 g/mol. The van der Waals surface area contributed by atoms with Crippen LogP contribution in [0, 0.1) is 94.7 Å². The topological polar surface area (TPSA) is 105 Å². The molecule has 0 bridgehead atoms. The van der Waals surface area contributed by atoms with Crippen molar-refractivity contribution in [3.05, 3.63) is 0 Å². The number of hydrogen-bond acceptors (Lipinski definition) is 9. The molecule has 0 aromatic carbocycles. The van der Waals surface area contributed by atoms with Gasteiger partial charge in [0, 0.05) is 74.7 Å². The number of hydroxylamine groups is 3. The van der Waals surface area contributed by atoms with Crippen LogP contribution in [0.2, 0.25) is 0 Å². The van der Waals surface area contributed by atoms with Gasteiger partial charge in [-0.05, 0) is 84.6 Å². The lowest BCUT2D eigenvalue weighted by Gasteiger charge is -2.38. The standard InChI is InChI=1S/C9H20O2.C8H18NO.C8H14O2.2C8H18.C7H17NO.C7H14O.C7H14S.9CH4/c1-7(2)9(10-5,11-6)8(3)4;1-6(2)8(7(3)4)9(5)10;1-5(2)7(9)8(10)6(3)4;2*1-6(2)8(5)7(3)4;1-6(2)8(5)9-7(3)4;2*1-5(2)7(8)6(3)4;;;;;;;;;/h7-8H,1-6H3;6-7,10H,1-5H3;5-6H,1-4H3;2*6-8H,1-5H3;6-7H,1-5H3;2*5-6H,1-4H3;9*1H4/q;+1;;;;;;;;;;;;;;;. The monoisotopic (exact) mass is 1190 g/mol. The molecule has 9 nitrogen and oxygen atoms in total. The Morgan fingerprint density at radius 1 is 0.407 bits per heavy atom. The van der Waals surface area contributed by atoms with Gasteiger partial charge in [-0.15, -0.1) is 0 Å². The van der Waals surface area contributed by atoms with Crippen LogP contribution in [0.3, 0.4) is 0 Å². The maximum absolute atomic E-state index is 10.9. The third-order valence-corrected chi connectivity index (χ3v) is 13.6. The normalized spacial score (nSPS) is 10.2. The van der Waals surface area contributed by atoms with E-state index in [0.717, 1.165) is 41.2 Å². The Labute approximate surface area is 524 Å². The summed E-state index contributed by atoms with van der Waals surface area (Å²) in [6.45, 7) is 71.2. The van der Waals surface area contributed by atoms with Crippen molar-refractivity contribution in [3.63, 3.8) is 0 Å². The van der Waals surface area contributed by atoms with Crippen LogP contribution in [0.4, 0.5) is 0 Å². The van der Waals surface area contributed by atoms with E-state index in [2.05, 4.69) is 166 Å². The number of thiocarbonyl (C=S) groups is 1. The van der Waals surface area contributed by atoms with E-state index in [1.54, 1.807) is 49.0 Å². The zero-order chi connectivity index (χ0) is 60.1. The molecule has 0 heterocycles. The number of rotatable bonds is 20. The van der Waals surface area contributed by atoms with Crippen LogP contribution in [0.1, 0.15) is 302 Å². The van der Waals surface area contributed by atoms with Gasteiger partial charge in [0.25, 0.3) is 0 Å². The molecule has 1 N–H and O–H groups in total. The Balaban J connectivity index is -0.0000000380. The smallest absolute Gasteiger partial charge is 0.208 e. The fourth-order valence-corrected chi connectivity index (χ4v) is 7.00. The van der Waals surface area contributed by atoms with Gasteiger partial charge in [-0.1, -0.05) is 287 Å². The Bertz CT molecular complexity index is 1220. The molecule has 0 atom stereocenters. The quantitative estimate of drug-likeness (QED) is 0.0243. The zero-order valence-corrected chi connectivity index (χ0v) is 56.4. The lowest BCUT2D eigenvalue weighted by atomic mass is 9.88. The third kappa shape index (κ3) is 70.8. The summed E-state index contributed by atoms with van der Waals surface area (Å²) in [4.78, 5) is 39.2. The fraction of sp³-hybridized carbons (Fsp3) is 0.930. The minimum Gasteiger partial charge on any atom is -0.353 e. The first-order valence-corrected chi connectivity index (χ1v) is 28.5. The van der Waals surface area contributed by atoms with Crippen molar-refractivity contribution in [2.75, 3.05) is 28.3 Å². The molecule has 0 aliphatic heterocycles. The summed E-state index contributed by atoms with van der Waals surface area (Å²) in [5.74, 6) is 7.37. The highest BCUT2D eigenvalue weighted by Gasteiger charge is 2.37. The Kier molecular flexibility index (Phi) is 107. The minimum atomic E-state index is -0.417. The van der Waals surface area contributed by atoms with Gasteiger partial charge in [-0.2, -0.15) is 5.06 Å². The number of nitrogens with zero attached hydrogens (tertiary/aromatic N) is 2. The Morgan fingerprint density at radius 2 is 0.630 bits per heavy atom. The van der Waals surface area contributed by atoms with E-state index in [4.69, 9.17) is 31.7 Å². The first-order valence-electron chi connectivity index (χ1n) is 28.1. The summed E-state index contributed by atoms with van der Waals surface area (Å²) in [5, 5.41) is 11.0. The van der Waals surface area contributed by atoms with E-state index in [-0.39, 0.29) is 108 Å². The molecule has 0 aliphatic carbocycles. The SMILES string of the molecule is C.C.C.C.C.C.C.C.C.CC(C)C(=O)C(=O)C(C)C.CC(C)C(=O)C(C)C.CC(C)C(=S)C(C)C.CC(C)C(C(C)C)=[N+](C)O.CC(C)C(C)C(C)C.CC(C)C(C)C(C)C.CC(C)ON(C)C(C)C.COC(OC)(C(C)C)C(C)C. The number of ketones is 3. The van der Waals surface area contributed by atoms with E-state index in [1.807, 2.05) is 53.7 Å². The van der Waals surface area contributed by atoms with Gasteiger partial charge in [0.1, 0.15) is 5.78 Å². The van der Waals surface area contributed by atoms with Crippen molar-refractivity contribution in [1.29, 1.82) is 0 Å². The highest BCUT2D eigenvalue weighted by Crippen LogP contribution is 2.30. The first-order chi connectivity index (χ1) is 32.2. The van der Waals surface area contributed by atoms with Crippen molar-refractivity contribution < 1.29 is 38.6 Å². The minimum absolute atomic E-state index is 0. The zero-order valence-electron chi connectivity index (χ0n) is 55.6. The molecule has 0 radical (unpaired) electrons. The van der Waals surface area contributed by atoms with Gasteiger partial charge in [0.05, 0.1) is 6.10 Å². The first kappa shape index (κ1) is 125. The van der Waals surface area contributed by atoms with Crippen molar-refractivity contribution >= 4 is 40.1 Å². The molecular formula is C71H169N2O7S+. The highest BCUT2D eigenvalue weighted by molar-refractivity contribution is 7.80. The van der Waals surface area contributed by atoms with Gasteiger partial charge in [-0.3, -0.25) is 24.4 Å². The Hall–Kier alpha value is -1.59. The second-order valence-electron chi connectivity index (χ2n) is 24.6. The molecule has 510 valence electrons. The predicted octanol–water partition coefficient (Wildman–Crippen LogP) is 23.3. The molecule has 0 spiro atoms. The third-order valence-electron chi connectivity index (χ3n) is 12.7. The van der Waals surface area contributed by atoms with Gasteiger partial charge >= 0.3 is 0 Å². The number of Topliss-reactive ketones (excluding diaryl/α,β-unsaturated/α-hetero) is 3.